The smallest absolute Gasteiger partial charge is 0.306 e. The molecule has 1 aromatic carbocycles. The molecule has 0 spiro atoms. The van der Waals surface area contributed by atoms with Crippen molar-refractivity contribution in [3.8, 4) is 0 Å². The van der Waals surface area contributed by atoms with Crippen molar-refractivity contribution in [2.24, 2.45) is 5.92 Å². The lowest BCUT2D eigenvalue weighted by molar-refractivity contribution is -0.142. The maximum absolute atomic E-state index is 13.0. The maximum Gasteiger partial charge on any atom is 0.306 e. The van der Waals surface area contributed by atoms with E-state index in [1.165, 1.54) is 6.07 Å². The molecule has 1 aliphatic carbocycles. The largest absolute Gasteiger partial charge is 0.481 e. The average Bonchev–Trinajstić information content (AvgIpc) is 2.39. The fourth-order valence-electron chi connectivity index (χ4n) is 2.66. The van der Waals surface area contributed by atoms with Crippen molar-refractivity contribution < 1.29 is 14.3 Å². The second kappa shape index (κ2) is 6.66. The molecule has 0 amide bonds. The molecular formula is C15H20FNO2. The zero-order chi connectivity index (χ0) is 13.7. The van der Waals surface area contributed by atoms with Gasteiger partial charge in [0.2, 0.25) is 0 Å². The van der Waals surface area contributed by atoms with Crippen LogP contribution in [0.25, 0.3) is 0 Å². The molecule has 1 fully saturated rings. The minimum absolute atomic E-state index is 0.165. The molecule has 0 heterocycles. The Bertz CT molecular complexity index is 428. The molecule has 0 radical (unpaired) electrons. The molecule has 1 saturated carbocycles. The van der Waals surface area contributed by atoms with Gasteiger partial charge in [-0.2, -0.15) is 0 Å². The summed E-state index contributed by atoms with van der Waals surface area (Å²) in [5.41, 5.74) is 0.992. The number of benzene rings is 1. The summed E-state index contributed by atoms with van der Waals surface area (Å²) in [6.07, 6.45) is 4.15. The fraction of sp³-hybridized carbons (Fsp3) is 0.533. The van der Waals surface area contributed by atoms with Gasteiger partial charge >= 0.3 is 5.97 Å². The van der Waals surface area contributed by atoms with E-state index in [1.807, 2.05) is 6.07 Å². The Labute approximate surface area is 112 Å². The summed E-state index contributed by atoms with van der Waals surface area (Å²) >= 11 is 0. The van der Waals surface area contributed by atoms with Gasteiger partial charge in [0.25, 0.3) is 0 Å². The second-order valence-electron chi connectivity index (χ2n) is 5.22. The number of carbonyl (C=O) groups is 1. The zero-order valence-corrected chi connectivity index (χ0v) is 10.9. The summed E-state index contributed by atoms with van der Waals surface area (Å²) in [6.45, 7) is 0.811. The highest BCUT2D eigenvalue weighted by Gasteiger charge is 2.25. The normalized spacial score (nSPS) is 23.2. The Balaban J connectivity index is 1.68. The van der Waals surface area contributed by atoms with Crippen LogP contribution in [0.4, 0.5) is 4.39 Å². The molecule has 1 aromatic rings. The number of aliphatic carboxylic acids is 1. The van der Waals surface area contributed by atoms with Crippen molar-refractivity contribution >= 4 is 5.97 Å². The third-order valence-electron chi connectivity index (χ3n) is 3.81. The summed E-state index contributed by atoms with van der Waals surface area (Å²) in [5, 5.41) is 12.4. The molecule has 1 aliphatic rings. The van der Waals surface area contributed by atoms with E-state index in [9.17, 15) is 9.18 Å². The van der Waals surface area contributed by atoms with Crippen LogP contribution in [-0.4, -0.2) is 23.7 Å². The summed E-state index contributed by atoms with van der Waals surface area (Å²) in [4.78, 5) is 10.8. The van der Waals surface area contributed by atoms with Gasteiger partial charge < -0.3 is 10.4 Å². The van der Waals surface area contributed by atoms with Crippen LogP contribution in [0.15, 0.2) is 24.3 Å². The lowest BCUT2D eigenvalue weighted by Gasteiger charge is -2.26. The molecule has 0 aromatic heterocycles. The van der Waals surface area contributed by atoms with Crippen LogP contribution in [0.3, 0.4) is 0 Å². The van der Waals surface area contributed by atoms with Gasteiger partial charge in [0.15, 0.2) is 0 Å². The van der Waals surface area contributed by atoms with E-state index in [1.54, 1.807) is 12.1 Å². The first-order chi connectivity index (χ1) is 9.15. The molecule has 3 nitrogen and oxygen atoms in total. The lowest BCUT2D eigenvalue weighted by Crippen LogP contribution is -2.36. The van der Waals surface area contributed by atoms with Crippen molar-refractivity contribution in [2.75, 3.05) is 6.54 Å². The van der Waals surface area contributed by atoms with Gasteiger partial charge in [-0.1, -0.05) is 12.1 Å². The van der Waals surface area contributed by atoms with Crippen molar-refractivity contribution in [3.63, 3.8) is 0 Å². The van der Waals surface area contributed by atoms with Crippen molar-refractivity contribution in [1.82, 2.24) is 5.32 Å². The molecule has 0 unspecified atom stereocenters. The van der Waals surface area contributed by atoms with Crippen LogP contribution in [0.1, 0.15) is 31.2 Å². The highest BCUT2D eigenvalue weighted by atomic mass is 19.1. The van der Waals surface area contributed by atoms with Gasteiger partial charge in [-0.05, 0) is 56.3 Å². The van der Waals surface area contributed by atoms with Gasteiger partial charge in [-0.15, -0.1) is 0 Å². The summed E-state index contributed by atoms with van der Waals surface area (Å²) in [7, 11) is 0. The highest BCUT2D eigenvalue weighted by molar-refractivity contribution is 5.70. The number of hydrogen-bond donors (Lipinski definition) is 2. The molecule has 0 atom stereocenters. The zero-order valence-electron chi connectivity index (χ0n) is 10.9. The van der Waals surface area contributed by atoms with E-state index in [4.69, 9.17) is 5.11 Å². The molecule has 4 heteroatoms. The monoisotopic (exact) mass is 265 g/mol. The summed E-state index contributed by atoms with van der Waals surface area (Å²) in [6, 6.07) is 7.06. The first-order valence-electron chi connectivity index (χ1n) is 6.86. The Hall–Kier alpha value is -1.42. The Kier molecular flexibility index (Phi) is 4.91. The van der Waals surface area contributed by atoms with E-state index >= 15 is 0 Å². The summed E-state index contributed by atoms with van der Waals surface area (Å²) in [5.74, 6) is -1.03. The third kappa shape index (κ3) is 4.31. The van der Waals surface area contributed by atoms with Gasteiger partial charge in [0, 0.05) is 6.04 Å². The van der Waals surface area contributed by atoms with Crippen LogP contribution in [0.2, 0.25) is 0 Å². The number of carboxylic acids is 1. The second-order valence-corrected chi connectivity index (χ2v) is 5.22. The third-order valence-corrected chi connectivity index (χ3v) is 3.81. The first-order valence-corrected chi connectivity index (χ1v) is 6.86. The molecule has 0 saturated heterocycles. The first kappa shape index (κ1) is 14.0. The van der Waals surface area contributed by atoms with Crippen LogP contribution >= 0.6 is 0 Å². The molecule has 0 bridgehead atoms. The van der Waals surface area contributed by atoms with Gasteiger partial charge in [0.05, 0.1) is 5.92 Å². The summed E-state index contributed by atoms with van der Waals surface area (Å²) < 4.78 is 13.0. The molecule has 104 valence electrons. The quantitative estimate of drug-likeness (QED) is 0.860. The van der Waals surface area contributed by atoms with Crippen molar-refractivity contribution in [1.29, 1.82) is 0 Å². The van der Waals surface area contributed by atoms with Crippen LogP contribution in [-0.2, 0) is 11.2 Å². The van der Waals surface area contributed by atoms with E-state index in [2.05, 4.69) is 5.32 Å². The highest BCUT2D eigenvalue weighted by Crippen LogP contribution is 2.24. The minimum atomic E-state index is -0.668. The number of halogens is 1. The van der Waals surface area contributed by atoms with Gasteiger partial charge in [-0.3, -0.25) is 4.79 Å². The predicted octanol–water partition coefficient (Wildman–Crippen LogP) is 2.60. The SMILES string of the molecule is O=C(O)C1CCC(NCCc2cccc(F)c2)CC1. The minimum Gasteiger partial charge on any atom is -0.481 e. The fourth-order valence-corrected chi connectivity index (χ4v) is 2.66. The average molecular weight is 265 g/mol. The van der Waals surface area contributed by atoms with E-state index in [-0.39, 0.29) is 11.7 Å². The van der Waals surface area contributed by atoms with Gasteiger partial charge in [0.1, 0.15) is 5.82 Å². The standard InChI is InChI=1S/C15H20FNO2/c16-13-3-1-2-11(10-13)8-9-17-14-6-4-12(5-7-14)15(18)19/h1-3,10,12,14,17H,4-9H2,(H,18,19). The molecule has 2 rings (SSSR count). The van der Waals surface area contributed by atoms with E-state index in [0.717, 1.165) is 44.2 Å². The maximum atomic E-state index is 13.0. The molecular weight excluding hydrogens is 245 g/mol. The molecule has 2 N–H and O–H groups in total. The number of rotatable bonds is 5. The van der Waals surface area contributed by atoms with E-state index in [0.29, 0.717) is 6.04 Å². The lowest BCUT2D eigenvalue weighted by atomic mass is 9.86. The predicted molar refractivity (Wildman–Crippen MR) is 71.5 cm³/mol. The van der Waals surface area contributed by atoms with E-state index < -0.39 is 5.97 Å². The Morgan fingerprint density at radius 2 is 2.05 bits per heavy atom. The van der Waals surface area contributed by atoms with Crippen LogP contribution < -0.4 is 5.32 Å². The molecule has 0 aliphatic heterocycles. The van der Waals surface area contributed by atoms with Gasteiger partial charge in [-0.25, -0.2) is 4.39 Å². The Morgan fingerprint density at radius 3 is 2.68 bits per heavy atom. The van der Waals surface area contributed by atoms with Crippen LogP contribution in [0, 0.1) is 11.7 Å². The van der Waals surface area contributed by atoms with Crippen molar-refractivity contribution in [3.05, 3.63) is 35.6 Å². The number of carboxylic acid groups (broad SMARTS) is 1. The number of nitrogens with one attached hydrogen (secondary N) is 1. The number of hydrogen-bond acceptors (Lipinski definition) is 2. The Morgan fingerprint density at radius 1 is 1.32 bits per heavy atom. The molecule has 19 heavy (non-hydrogen) atoms. The van der Waals surface area contributed by atoms with Crippen molar-refractivity contribution in [2.45, 2.75) is 38.1 Å². The van der Waals surface area contributed by atoms with Crippen LogP contribution in [0.5, 0.6) is 0 Å². The topological polar surface area (TPSA) is 49.3 Å².